The van der Waals surface area contributed by atoms with E-state index in [4.69, 9.17) is 10.2 Å². The Morgan fingerprint density at radius 1 is 1.10 bits per heavy atom. The predicted octanol–water partition coefficient (Wildman–Crippen LogP) is 1.76. The van der Waals surface area contributed by atoms with E-state index >= 15 is 0 Å². The minimum atomic E-state index is -3.69. The fraction of sp³-hybridized carbons (Fsp3) is 0.111. The quantitative estimate of drug-likeness (QED) is 0.408. The number of nitro groups is 2. The lowest BCUT2D eigenvalue weighted by Crippen LogP contribution is -2.50. The van der Waals surface area contributed by atoms with E-state index in [0.29, 0.717) is 6.07 Å². The molecule has 0 bridgehead atoms. The lowest BCUT2D eigenvalue weighted by atomic mass is 9.89. The molecule has 0 unspecified atom stereocenters. The van der Waals surface area contributed by atoms with Crippen LogP contribution in [0.2, 0.25) is 0 Å². The van der Waals surface area contributed by atoms with Crippen LogP contribution in [0.1, 0.15) is 5.56 Å². The van der Waals surface area contributed by atoms with Gasteiger partial charge in [0, 0.05) is 4.47 Å². The number of carboxylic acid groups (broad SMARTS) is 2. The lowest BCUT2D eigenvalue weighted by molar-refractivity contribution is -0.550. The minimum Gasteiger partial charge on any atom is -0.475 e. The van der Waals surface area contributed by atoms with E-state index in [1.807, 2.05) is 0 Å². The van der Waals surface area contributed by atoms with Gasteiger partial charge in [0.1, 0.15) is 10.0 Å². The van der Waals surface area contributed by atoms with E-state index in [-0.39, 0.29) is 8.95 Å². The topological polar surface area (TPSA) is 161 Å². The Balaban J connectivity index is 3.97. The lowest BCUT2D eigenvalue weighted by Gasteiger charge is -2.17. The Kier molecular flexibility index (Phi) is 4.63. The molecule has 0 aliphatic rings. The molecule has 0 heterocycles. The number of aliphatic carboxylic acids is 2. The summed E-state index contributed by atoms with van der Waals surface area (Å²) in [6.07, 6.45) is 0. The Hall–Kier alpha value is -2.08. The van der Waals surface area contributed by atoms with Gasteiger partial charge in [-0.1, -0.05) is 0 Å². The molecule has 10 nitrogen and oxygen atoms in total. The molecule has 2 N–H and O–H groups in total. The van der Waals surface area contributed by atoms with Crippen molar-refractivity contribution in [1.29, 1.82) is 0 Å². The summed E-state index contributed by atoms with van der Waals surface area (Å²) >= 11 is 5.68. The molecule has 0 atom stereocenters. The van der Waals surface area contributed by atoms with Crippen LogP contribution in [-0.4, -0.2) is 32.0 Å². The minimum absolute atomic E-state index is 0.103. The zero-order valence-corrected chi connectivity index (χ0v) is 12.8. The molecule has 0 saturated heterocycles. The summed E-state index contributed by atoms with van der Waals surface area (Å²) in [6.45, 7) is 0. The second-order valence-corrected chi connectivity index (χ2v) is 5.24. The predicted molar refractivity (Wildman–Crippen MR) is 72.4 cm³/mol. The second kappa shape index (κ2) is 5.73. The molecule has 0 saturated carbocycles. The SMILES string of the molecule is O=C(O)C(C(=O)O)(c1ccc(Br)c(Br)c1[N+](=O)[O-])[N+](=O)[O-]. The van der Waals surface area contributed by atoms with Crippen LogP contribution in [0.4, 0.5) is 5.69 Å². The number of rotatable bonds is 5. The van der Waals surface area contributed by atoms with Gasteiger partial charge in [-0.15, -0.1) is 0 Å². The fourth-order valence-electron chi connectivity index (χ4n) is 1.59. The molecule has 21 heavy (non-hydrogen) atoms. The summed E-state index contributed by atoms with van der Waals surface area (Å²) in [6, 6.07) is 1.77. The van der Waals surface area contributed by atoms with Gasteiger partial charge in [0.25, 0.3) is 5.69 Å². The number of nitro benzene ring substituents is 1. The number of carbonyl (C=O) groups is 2. The van der Waals surface area contributed by atoms with E-state index in [9.17, 15) is 29.8 Å². The van der Waals surface area contributed by atoms with Gasteiger partial charge in [-0.25, -0.2) is 9.59 Å². The molecule has 112 valence electrons. The van der Waals surface area contributed by atoms with Gasteiger partial charge >= 0.3 is 17.5 Å². The first-order valence-corrected chi connectivity index (χ1v) is 6.41. The Morgan fingerprint density at radius 3 is 1.90 bits per heavy atom. The summed E-state index contributed by atoms with van der Waals surface area (Å²) in [7, 11) is 0. The summed E-state index contributed by atoms with van der Waals surface area (Å²) in [5.41, 5.74) is -5.79. The van der Waals surface area contributed by atoms with Crippen molar-refractivity contribution in [3.8, 4) is 0 Å². The highest BCUT2D eigenvalue weighted by Crippen LogP contribution is 2.41. The van der Waals surface area contributed by atoms with E-state index in [1.165, 1.54) is 0 Å². The molecule has 1 aromatic rings. The van der Waals surface area contributed by atoms with Crippen LogP contribution in [0.5, 0.6) is 0 Å². The third kappa shape index (κ3) is 2.47. The van der Waals surface area contributed by atoms with Gasteiger partial charge in [-0.05, 0) is 44.0 Å². The first kappa shape index (κ1) is 17.0. The molecule has 1 rings (SSSR count). The second-order valence-electron chi connectivity index (χ2n) is 3.59. The van der Waals surface area contributed by atoms with Gasteiger partial charge in [-0.3, -0.25) is 20.2 Å². The summed E-state index contributed by atoms with van der Waals surface area (Å²) < 4.78 is -0.204. The third-order valence-corrected chi connectivity index (χ3v) is 4.53. The molecule has 0 radical (unpaired) electrons. The van der Waals surface area contributed by atoms with Gasteiger partial charge in [-0.2, -0.15) is 0 Å². The molecule has 0 amide bonds. The van der Waals surface area contributed by atoms with E-state index in [2.05, 4.69) is 31.9 Å². The average molecular weight is 428 g/mol. The first-order valence-electron chi connectivity index (χ1n) is 4.82. The molecule has 1 aromatic carbocycles. The van der Waals surface area contributed by atoms with Crippen LogP contribution in [-0.2, 0) is 15.1 Å². The molecule has 0 aromatic heterocycles. The number of benzene rings is 1. The van der Waals surface area contributed by atoms with E-state index in [0.717, 1.165) is 6.07 Å². The summed E-state index contributed by atoms with van der Waals surface area (Å²) in [4.78, 5) is 41.8. The van der Waals surface area contributed by atoms with Crippen LogP contribution in [0.15, 0.2) is 21.1 Å². The maximum atomic E-state index is 11.2. The number of hydrogen-bond acceptors (Lipinski definition) is 6. The van der Waals surface area contributed by atoms with Crippen LogP contribution < -0.4 is 0 Å². The van der Waals surface area contributed by atoms with Gasteiger partial charge in [0.05, 0.1) is 9.85 Å². The van der Waals surface area contributed by atoms with Gasteiger partial charge < -0.3 is 10.2 Å². The molecule has 0 aliphatic heterocycles. The zero-order valence-electron chi connectivity index (χ0n) is 9.65. The van der Waals surface area contributed by atoms with Crippen molar-refractivity contribution in [3.63, 3.8) is 0 Å². The fourth-order valence-corrected chi connectivity index (χ4v) is 2.40. The maximum absolute atomic E-state index is 11.2. The van der Waals surface area contributed by atoms with Crippen LogP contribution >= 0.6 is 31.9 Å². The Bertz CT molecular complexity index is 638. The van der Waals surface area contributed by atoms with Crippen molar-refractivity contribution >= 4 is 49.5 Å². The van der Waals surface area contributed by atoms with Crippen molar-refractivity contribution in [2.45, 2.75) is 5.54 Å². The monoisotopic (exact) mass is 426 g/mol. The van der Waals surface area contributed by atoms with Crippen molar-refractivity contribution < 1.29 is 29.6 Å². The smallest absolute Gasteiger partial charge is 0.441 e. The van der Waals surface area contributed by atoms with Crippen molar-refractivity contribution in [2.75, 3.05) is 0 Å². The third-order valence-electron chi connectivity index (χ3n) is 2.53. The Morgan fingerprint density at radius 2 is 1.57 bits per heavy atom. The summed E-state index contributed by atoms with van der Waals surface area (Å²) in [5.74, 6) is -4.70. The number of carboxylic acids is 2. The number of hydrogen-bond donors (Lipinski definition) is 2. The summed E-state index contributed by atoms with van der Waals surface area (Å²) in [5, 5.41) is 40.2. The normalized spacial score (nSPS) is 11.0. The van der Waals surface area contributed by atoms with E-state index in [1.54, 1.807) is 0 Å². The molecular weight excluding hydrogens is 424 g/mol. The van der Waals surface area contributed by atoms with Crippen LogP contribution in [0, 0.1) is 20.2 Å². The molecule has 0 spiro atoms. The zero-order chi connectivity index (χ0) is 16.5. The molecule has 12 heteroatoms. The van der Waals surface area contributed by atoms with Crippen molar-refractivity contribution in [1.82, 2.24) is 0 Å². The standard InChI is InChI=1S/C9H4Br2N2O8/c10-4-2-1-3(6(5(4)11)12(18)19)9(7(14)15,8(16)17)13(20)21/h1-2H,(H,14,15)(H,16,17). The number of halogens is 2. The molecule has 0 aliphatic carbocycles. The van der Waals surface area contributed by atoms with Crippen LogP contribution in [0.25, 0.3) is 0 Å². The largest absolute Gasteiger partial charge is 0.475 e. The van der Waals surface area contributed by atoms with E-state index < -0.39 is 38.6 Å². The highest BCUT2D eigenvalue weighted by Gasteiger charge is 2.65. The molecule has 0 fully saturated rings. The number of nitrogens with zero attached hydrogens (tertiary/aromatic N) is 2. The highest BCUT2D eigenvalue weighted by atomic mass is 79.9. The maximum Gasteiger partial charge on any atom is 0.441 e. The van der Waals surface area contributed by atoms with Crippen LogP contribution in [0.3, 0.4) is 0 Å². The average Bonchev–Trinajstić information content (AvgIpc) is 2.32. The highest BCUT2D eigenvalue weighted by molar-refractivity contribution is 9.13. The molecular formula is C9H4Br2N2O8. The Labute approximate surface area is 131 Å². The first-order chi connectivity index (χ1) is 9.58. The van der Waals surface area contributed by atoms with Gasteiger partial charge in [0.2, 0.25) is 0 Å². The van der Waals surface area contributed by atoms with Crippen molar-refractivity contribution in [3.05, 3.63) is 46.9 Å². The van der Waals surface area contributed by atoms with Gasteiger partial charge in [0.15, 0.2) is 0 Å². The van der Waals surface area contributed by atoms with Crippen molar-refractivity contribution in [2.24, 2.45) is 0 Å².